The van der Waals surface area contributed by atoms with Crippen LogP contribution in [0.1, 0.15) is 12.5 Å². The van der Waals surface area contributed by atoms with Crippen molar-refractivity contribution in [2.75, 3.05) is 18.6 Å². The Morgan fingerprint density at radius 2 is 2.06 bits per heavy atom. The lowest BCUT2D eigenvalue weighted by molar-refractivity contribution is -0.117. The molecule has 0 saturated heterocycles. The average Bonchev–Trinajstić information content (AvgIpc) is 2.30. The van der Waals surface area contributed by atoms with Crippen LogP contribution in [-0.2, 0) is 4.79 Å². The van der Waals surface area contributed by atoms with Gasteiger partial charge in [-0.15, -0.1) is 0 Å². The van der Waals surface area contributed by atoms with Crippen molar-refractivity contribution in [3.8, 4) is 0 Å². The standard InChI is InChI=1S/C13H17NOS/c1-11(13(15)14-8-9-16-2)10-12-6-4-3-5-7-12/h3-7,10H,8-9H2,1-2H3,(H,14,15)/b11-10+. The fraction of sp³-hybridized carbons (Fsp3) is 0.308. The first-order valence-corrected chi connectivity index (χ1v) is 6.64. The van der Waals surface area contributed by atoms with Gasteiger partial charge in [0.2, 0.25) is 5.91 Å². The smallest absolute Gasteiger partial charge is 0.246 e. The predicted octanol–water partition coefficient (Wildman–Crippen LogP) is 2.57. The van der Waals surface area contributed by atoms with Crippen LogP contribution >= 0.6 is 11.8 Å². The molecule has 1 N–H and O–H groups in total. The molecule has 1 rings (SSSR count). The number of carbonyl (C=O) groups is 1. The monoisotopic (exact) mass is 235 g/mol. The third-order valence-corrected chi connectivity index (χ3v) is 2.75. The SMILES string of the molecule is CSCCNC(=O)/C(C)=C/c1ccccc1. The molecule has 0 aliphatic rings. The van der Waals surface area contributed by atoms with Gasteiger partial charge in [0.15, 0.2) is 0 Å². The minimum Gasteiger partial charge on any atom is -0.351 e. The number of thioether (sulfide) groups is 1. The van der Waals surface area contributed by atoms with E-state index in [0.29, 0.717) is 0 Å². The van der Waals surface area contributed by atoms with Gasteiger partial charge in [-0.3, -0.25) is 4.79 Å². The Morgan fingerprint density at radius 1 is 1.38 bits per heavy atom. The summed E-state index contributed by atoms with van der Waals surface area (Å²) in [6.45, 7) is 2.56. The summed E-state index contributed by atoms with van der Waals surface area (Å²) in [6.07, 6.45) is 3.92. The second kappa shape index (κ2) is 7.12. The molecular formula is C13H17NOS. The zero-order valence-corrected chi connectivity index (χ0v) is 10.5. The number of rotatable bonds is 5. The number of nitrogens with one attached hydrogen (secondary N) is 1. The Balaban J connectivity index is 2.53. The van der Waals surface area contributed by atoms with E-state index in [9.17, 15) is 4.79 Å². The summed E-state index contributed by atoms with van der Waals surface area (Å²) in [6, 6.07) is 9.86. The van der Waals surface area contributed by atoms with Crippen molar-refractivity contribution < 1.29 is 4.79 Å². The summed E-state index contributed by atoms with van der Waals surface area (Å²) < 4.78 is 0. The molecule has 0 heterocycles. The van der Waals surface area contributed by atoms with Gasteiger partial charge in [0.25, 0.3) is 0 Å². The zero-order chi connectivity index (χ0) is 11.8. The average molecular weight is 235 g/mol. The maximum absolute atomic E-state index is 11.6. The summed E-state index contributed by atoms with van der Waals surface area (Å²) >= 11 is 1.73. The molecule has 1 aromatic carbocycles. The van der Waals surface area contributed by atoms with Crippen LogP contribution in [0.3, 0.4) is 0 Å². The van der Waals surface area contributed by atoms with E-state index in [4.69, 9.17) is 0 Å². The van der Waals surface area contributed by atoms with Crippen molar-refractivity contribution in [1.29, 1.82) is 0 Å². The first kappa shape index (κ1) is 12.8. The van der Waals surface area contributed by atoms with Crippen molar-refractivity contribution in [2.24, 2.45) is 0 Å². The van der Waals surface area contributed by atoms with E-state index in [1.807, 2.05) is 49.6 Å². The van der Waals surface area contributed by atoms with E-state index < -0.39 is 0 Å². The van der Waals surface area contributed by atoms with Gasteiger partial charge >= 0.3 is 0 Å². The molecule has 0 aliphatic carbocycles. The van der Waals surface area contributed by atoms with E-state index in [2.05, 4.69) is 5.32 Å². The highest BCUT2D eigenvalue weighted by molar-refractivity contribution is 7.98. The quantitative estimate of drug-likeness (QED) is 0.628. The Kier molecular flexibility index (Phi) is 5.72. The Hall–Kier alpha value is -1.22. The number of amides is 1. The molecule has 2 nitrogen and oxygen atoms in total. The van der Waals surface area contributed by atoms with Crippen molar-refractivity contribution in [1.82, 2.24) is 5.32 Å². The first-order valence-electron chi connectivity index (χ1n) is 5.24. The maximum atomic E-state index is 11.6. The highest BCUT2D eigenvalue weighted by Gasteiger charge is 2.02. The second-order valence-electron chi connectivity index (χ2n) is 3.49. The third-order valence-electron chi connectivity index (χ3n) is 2.13. The van der Waals surface area contributed by atoms with Crippen LogP contribution in [0.25, 0.3) is 6.08 Å². The van der Waals surface area contributed by atoms with Crippen LogP contribution < -0.4 is 5.32 Å². The molecule has 16 heavy (non-hydrogen) atoms. The van der Waals surface area contributed by atoms with Gasteiger partial charge in [-0.2, -0.15) is 11.8 Å². The second-order valence-corrected chi connectivity index (χ2v) is 4.47. The largest absolute Gasteiger partial charge is 0.351 e. The summed E-state index contributed by atoms with van der Waals surface area (Å²) in [5.74, 6) is 0.961. The lowest BCUT2D eigenvalue weighted by atomic mass is 10.1. The molecule has 0 bridgehead atoms. The Labute approximate surface area is 101 Å². The summed E-state index contributed by atoms with van der Waals surface area (Å²) in [4.78, 5) is 11.6. The molecule has 0 fully saturated rings. The Bertz CT molecular complexity index is 359. The fourth-order valence-electron chi connectivity index (χ4n) is 1.27. The summed E-state index contributed by atoms with van der Waals surface area (Å²) in [7, 11) is 0. The van der Waals surface area contributed by atoms with Crippen LogP contribution in [0.15, 0.2) is 35.9 Å². The van der Waals surface area contributed by atoms with E-state index >= 15 is 0 Å². The third kappa shape index (κ3) is 4.53. The highest BCUT2D eigenvalue weighted by atomic mass is 32.2. The maximum Gasteiger partial charge on any atom is 0.246 e. The van der Waals surface area contributed by atoms with Gasteiger partial charge in [-0.05, 0) is 24.8 Å². The van der Waals surface area contributed by atoms with Crippen molar-refractivity contribution in [3.63, 3.8) is 0 Å². The molecule has 86 valence electrons. The van der Waals surface area contributed by atoms with E-state index in [1.54, 1.807) is 11.8 Å². The normalized spacial score (nSPS) is 11.2. The van der Waals surface area contributed by atoms with Crippen molar-refractivity contribution in [2.45, 2.75) is 6.92 Å². The van der Waals surface area contributed by atoms with Crippen molar-refractivity contribution in [3.05, 3.63) is 41.5 Å². The molecule has 0 atom stereocenters. The topological polar surface area (TPSA) is 29.1 Å². The lowest BCUT2D eigenvalue weighted by Crippen LogP contribution is -2.26. The van der Waals surface area contributed by atoms with Crippen molar-refractivity contribution >= 4 is 23.7 Å². The molecule has 3 heteroatoms. The molecule has 0 radical (unpaired) electrons. The van der Waals surface area contributed by atoms with Crippen LogP contribution in [0.4, 0.5) is 0 Å². The van der Waals surface area contributed by atoms with Crippen LogP contribution in [0.2, 0.25) is 0 Å². The number of benzene rings is 1. The van der Waals surface area contributed by atoms with E-state index in [-0.39, 0.29) is 5.91 Å². The van der Waals surface area contributed by atoms with Gasteiger partial charge in [-0.25, -0.2) is 0 Å². The van der Waals surface area contributed by atoms with Gasteiger partial charge in [0, 0.05) is 17.9 Å². The summed E-state index contributed by atoms with van der Waals surface area (Å²) in [5.41, 5.74) is 1.80. The molecule has 0 unspecified atom stereocenters. The zero-order valence-electron chi connectivity index (χ0n) is 9.69. The van der Waals surface area contributed by atoms with Gasteiger partial charge in [-0.1, -0.05) is 30.3 Å². The van der Waals surface area contributed by atoms with Gasteiger partial charge < -0.3 is 5.32 Å². The summed E-state index contributed by atoms with van der Waals surface area (Å²) in [5, 5.41) is 2.88. The van der Waals surface area contributed by atoms with Crippen LogP contribution in [0, 0.1) is 0 Å². The molecule has 0 aromatic heterocycles. The predicted molar refractivity (Wildman–Crippen MR) is 71.5 cm³/mol. The van der Waals surface area contributed by atoms with Gasteiger partial charge in [0.1, 0.15) is 0 Å². The molecule has 0 saturated carbocycles. The molecule has 0 spiro atoms. The number of hydrogen-bond donors (Lipinski definition) is 1. The Morgan fingerprint density at radius 3 is 2.69 bits per heavy atom. The van der Waals surface area contributed by atoms with Gasteiger partial charge in [0.05, 0.1) is 0 Å². The number of carbonyl (C=O) groups excluding carboxylic acids is 1. The van der Waals surface area contributed by atoms with Crippen LogP contribution in [0.5, 0.6) is 0 Å². The van der Waals surface area contributed by atoms with E-state index in [0.717, 1.165) is 23.4 Å². The van der Waals surface area contributed by atoms with E-state index in [1.165, 1.54) is 0 Å². The minimum absolute atomic E-state index is 0.0119. The highest BCUT2D eigenvalue weighted by Crippen LogP contribution is 2.05. The molecule has 1 amide bonds. The van der Waals surface area contributed by atoms with Crippen LogP contribution in [-0.4, -0.2) is 24.5 Å². The molecule has 1 aromatic rings. The lowest BCUT2D eigenvalue weighted by Gasteiger charge is -2.04. The number of hydrogen-bond acceptors (Lipinski definition) is 2. The minimum atomic E-state index is 0.0119. The molecular weight excluding hydrogens is 218 g/mol. The first-order chi connectivity index (χ1) is 7.74. The molecule has 0 aliphatic heterocycles. The fourth-order valence-corrected chi connectivity index (χ4v) is 1.58.